The molecule has 0 radical (unpaired) electrons. The Balaban J connectivity index is 1.46. The summed E-state index contributed by atoms with van der Waals surface area (Å²) in [4.78, 5) is 9.35. The van der Waals surface area contributed by atoms with Gasteiger partial charge >= 0.3 is 0 Å². The Morgan fingerprint density at radius 1 is 0.953 bits per heavy atom. The fourth-order valence-corrected chi connectivity index (χ4v) is 7.81. The minimum atomic E-state index is -0.176. The topological polar surface area (TPSA) is 45.6 Å². The van der Waals surface area contributed by atoms with Gasteiger partial charge in [-0.1, -0.05) is 43.1 Å². The number of hydrogen-bond donors (Lipinski definition) is 1. The number of hydrogen-bond acceptors (Lipinski definition) is 4. The number of aromatic nitrogens is 2. The zero-order valence-electron chi connectivity index (χ0n) is 25.1. The van der Waals surface area contributed by atoms with Crippen LogP contribution in [-0.2, 0) is 0 Å². The average molecular weight is 635 g/mol. The fourth-order valence-electron chi connectivity index (χ4n) is 7.01. The van der Waals surface area contributed by atoms with Gasteiger partial charge in [-0.15, -0.1) is 0 Å². The van der Waals surface area contributed by atoms with Crippen molar-refractivity contribution in [2.45, 2.75) is 46.2 Å². The lowest BCUT2D eigenvalue weighted by molar-refractivity contribution is 0.357. The molecule has 0 unspecified atom stereocenters. The van der Waals surface area contributed by atoms with E-state index in [1.807, 2.05) is 42.6 Å². The highest BCUT2D eigenvalue weighted by Gasteiger charge is 2.42. The van der Waals surface area contributed by atoms with E-state index in [0.717, 1.165) is 63.6 Å². The van der Waals surface area contributed by atoms with E-state index in [0.29, 0.717) is 22.0 Å². The van der Waals surface area contributed by atoms with Gasteiger partial charge in [0.1, 0.15) is 5.75 Å². The van der Waals surface area contributed by atoms with Gasteiger partial charge < -0.3 is 24.4 Å². The van der Waals surface area contributed by atoms with Crippen LogP contribution < -0.4 is 19.9 Å². The minimum Gasteiger partial charge on any atom is -0.495 e. The van der Waals surface area contributed by atoms with Crippen LogP contribution in [0.2, 0.25) is 10.0 Å². The van der Waals surface area contributed by atoms with Gasteiger partial charge in [0.15, 0.2) is 5.11 Å². The molecule has 0 amide bonds. The smallest absolute Gasteiger partial charge is 0.174 e. The van der Waals surface area contributed by atoms with Gasteiger partial charge in [-0.3, -0.25) is 4.98 Å². The standard InChI is InChI=1S/C34H37Cl2N5OS/c1-20-14-21(2)19-39(18-20)29-11-10-25(17-27(29)36)41-33(32(38-34(41)43)28-8-6-7-13-37-28)26-15-22(3)40(23(26)4)30-16-24(35)9-12-31(30)42-5/h6-13,15-17,20-21,32-33H,14,18-19H2,1-5H3,(H,38,43)/t20-,21+,32-,33-/m1/s1. The van der Waals surface area contributed by atoms with Crippen molar-refractivity contribution in [2.24, 2.45) is 11.8 Å². The number of aryl methyl sites for hydroxylation is 1. The molecule has 2 saturated heterocycles. The second kappa shape index (κ2) is 12.0. The van der Waals surface area contributed by atoms with Gasteiger partial charge in [-0.25, -0.2) is 0 Å². The number of nitrogens with one attached hydrogen (secondary N) is 1. The molecule has 0 aliphatic carbocycles. The number of ether oxygens (including phenoxy) is 1. The lowest BCUT2D eigenvalue weighted by Gasteiger charge is -2.37. The third-order valence-electron chi connectivity index (χ3n) is 8.69. The van der Waals surface area contributed by atoms with Crippen molar-refractivity contribution in [1.29, 1.82) is 0 Å². The summed E-state index contributed by atoms with van der Waals surface area (Å²) in [6.45, 7) is 10.9. The highest BCUT2D eigenvalue weighted by Crippen LogP contribution is 2.46. The van der Waals surface area contributed by atoms with Crippen LogP contribution in [0.1, 0.15) is 55.0 Å². The van der Waals surface area contributed by atoms with Crippen molar-refractivity contribution >= 4 is 51.9 Å². The molecule has 0 bridgehead atoms. The second-order valence-corrected chi connectivity index (χ2v) is 13.2. The SMILES string of the molecule is COc1ccc(Cl)cc1-n1c(C)cc([C@@H]2[C@@H](c3ccccn3)NC(=S)N2c2ccc(N3C[C@H](C)C[C@H](C)C3)c(Cl)c2)c1C. The van der Waals surface area contributed by atoms with Crippen molar-refractivity contribution in [2.75, 3.05) is 30.0 Å². The number of piperidine rings is 1. The zero-order valence-corrected chi connectivity index (χ0v) is 27.5. The third-order valence-corrected chi connectivity index (χ3v) is 9.54. The summed E-state index contributed by atoms with van der Waals surface area (Å²) < 4.78 is 7.93. The summed E-state index contributed by atoms with van der Waals surface area (Å²) in [5, 5.41) is 5.60. The van der Waals surface area contributed by atoms with Crippen LogP contribution >= 0.6 is 35.4 Å². The second-order valence-electron chi connectivity index (χ2n) is 12.0. The zero-order chi connectivity index (χ0) is 30.4. The number of pyridine rings is 1. The van der Waals surface area contributed by atoms with Gasteiger partial charge in [-0.05, 0) is 104 Å². The molecule has 4 aromatic rings. The van der Waals surface area contributed by atoms with Gasteiger partial charge in [0.25, 0.3) is 0 Å². The number of thiocarbonyl (C=S) groups is 1. The molecule has 9 heteroatoms. The van der Waals surface area contributed by atoms with Crippen LogP contribution in [-0.4, -0.2) is 34.9 Å². The van der Waals surface area contributed by atoms with E-state index in [9.17, 15) is 0 Å². The Morgan fingerprint density at radius 2 is 1.72 bits per heavy atom. The Labute approximate surface area is 269 Å². The third kappa shape index (κ3) is 5.59. The van der Waals surface area contributed by atoms with Crippen molar-refractivity contribution in [1.82, 2.24) is 14.9 Å². The first-order valence-corrected chi connectivity index (χ1v) is 15.9. The van der Waals surface area contributed by atoms with Crippen LogP contribution in [0, 0.1) is 25.7 Å². The molecular formula is C34H37Cl2N5OS. The Bertz CT molecular complexity index is 1650. The molecule has 224 valence electrons. The van der Waals surface area contributed by atoms with Crippen LogP contribution in [0.3, 0.4) is 0 Å². The number of anilines is 2. The van der Waals surface area contributed by atoms with E-state index in [4.69, 9.17) is 45.1 Å². The molecule has 2 aromatic carbocycles. The van der Waals surface area contributed by atoms with Gasteiger partial charge in [-0.2, -0.15) is 0 Å². The summed E-state index contributed by atoms with van der Waals surface area (Å²) in [7, 11) is 1.68. The first-order chi connectivity index (χ1) is 20.7. The molecule has 43 heavy (non-hydrogen) atoms. The quantitative estimate of drug-likeness (QED) is 0.215. The summed E-state index contributed by atoms with van der Waals surface area (Å²) >= 11 is 19.5. The van der Waals surface area contributed by atoms with E-state index in [1.165, 1.54) is 6.42 Å². The first kappa shape index (κ1) is 29.8. The van der Waals surface area contributed by atoms with E-state index < -0.39 is 0 Å². The molecule has 6 nitrogen and oxygen atoms in total. The van der Waals surface area contributed by atoms with Crippen LogP contribution in [0.15, 0.2) is 66.9 Å². The molecule has 6 rings (SSSR count). The van der Waals surface area contributed by atoms with Gasteiger partial charge in [0, 0.05) is 41.4 Å². The highest BCUT2D eigenvalue weighted by atomic mass is 35.5. The maximum absolute atomic E-state index is 7.05. The van der Waals surface area contributed by atoms with Crippen molar-refractivity contribution < 1.29 is 4.74 Å². The Morgan fingerprint density at radius 3 is 2.40 bits per heavy atom. The molecule has 4 heterocycles. The van der Waals surface area contributed by atoms with Crippen LogP contribution in [0.4, 0.5) is 11.4 Å². The summed E-state index contributed by atoms with van der Waals surface area (Å²) in [5.74, 6) is 2.01. The predicted octanol–water partition coefficient (Wildman–Crippen LogP) is 8.46. The first-order valence-electron chi connectivity index (χ1n) is 14.7. The number of rotatable bonds is 6. The van der Waals surface area contributed by atoms with E-state index in [1.54, 1.807) is 7.11 Å². The lowest BCUT2D eigenvalue weighted by atomic mass is 9.91. The average Bonchev–Trinajstić information content (AvgIpc) is 3.47. The fraction of sp³-hybridized carbons (Fsp3) is 0.353. The molecule has 2 aliphatic rings. The number of nitrogens with zero attached hydrogens (tertiary/aromatic N) is 4. The number of benzene rings is 2. The summed E-state index contributed by atoms with van der Waals surface area (Å²) in [6.07, 6.45) is 3.07. The van der Waals surface area contributed by atoms with Gasteiger partial charge in [0.2, 0.25) is 0 Å². The van der Waals surface area contributed by atoms with Crippen LogP contribution in [0.25, 0.3) is 5.69 Å². The maximum atomic E-state index is 7.05. The predicted molar refractivity (Wildman–Crippen MR) is 181 cm³/mol. The van der Waals surface area contributed by atoms with E-state index in [-0.39, 0.29) is 12.1 Å². The van der Waals surface area contributed by atoms with Crippen molar-refractivity contribution in [3.05, 3.63) is 99.6 Å². The van der Waals surface area contributed by atoms with Crippen molar-refractivity contribution in [3.63, 3.8) is 0 Å². The number of halogens is 2. The Kier molecular flexibility index (Phi) is 8.33. The molecule has 2 fully saturated rings. The van der Waals surface area contributed by atoms with E-state index in [2.05, 4.69) is 71.6 Å². The van der Waals surface area contributed by atoms with E-state index >= 15 is 0 Å². The van der Waals surface area contributed by atoms with Crippen molar-refractivity contribution in [3.8, 4) is 11.4 Å². The molecule has 2 aliphatic heterocycles. The van der Waals surface area contributed by atoms with Crippen LogP contribution in [0.5, 0.6) is 5.75 Å². The maximum Gasteiger partial charge on any atom is 0.174 e. The Hall–Kier alpha value is -3.26. The summed E-state index contributed by atoms with van der Waals surface area (Å²) in [5.41, 5.74) is 7.08. The monoisotopic (exact) mass is 633 g/mol. The minimum absolute atomic E-state index is 0.175. The van der Waals surface area contributed by atoms with Gasteiger partial charge in [0.05, 0.1) is 41.3 Å². The normalized spacial score (nSPS) is 22.2. The lowest BCUT2D eigenvalue weighted by Crippen LogP contribution is -2.38. The highest BCUT2D eigenvalue weighted by molar-refractivity contribution is 7.80. The largest absolute Gasteiger partial charge is 0.495 e. The molecule has 1 N–H and O–H groups in total. The summed E-state index contributed by atoms with van der Waals surface area (Å²) in [6, 6.07) is 19.9. The molecule has 0 spiro atoms. The molecule has 2 aromatic heterocycles. The molecular weight excluding hydrogens is 597 g/mol. The molecule has 4 atom stereocenters. The molecule has 0 saturated carbocycles. The number of methoxy groups -OCH3 is 1.